The summed E-state index contributed by atoms with van der Waals surface area (Å²) in [6.07, 6.45) is -2.97. The molecule has 0 aliphatic heterocycles. The van der Waals surface area contributed by atoms with Gasteiger partial charge in [-0.25, -0.2) is 0 Å². The Balaban J connectivity index is 3.07. The van der Waals surface area contributed by atoms with Crippen LogP contribution in [-0.2, 0) is 19.4 Å². The normalized spacial score (nSPS) is 12.1. The number of rotatable bonds is 3. The van der Waals surface area contributed by atoms with Crippen LogP contribution >= 0.6 is 22.6 Å². The molecule has 0 radical (unpaired) electrons. The van der Waals surface area contributed by atoms with Gasteiger partial charge in [0.15, 0.2) is 0 Å². The lowest BCUT2D eigenvalue weighted by Gasteiger charge is -2.09. The van der Waals surface area contributed by atoms with Crippen molar-refractivity contribution < 1.29 is 13.2 Å². The fraction of sp³-hybridized carbons (Fsp3) is 0.667. The van der Waals surface area contributed by atoms with Gasteiger partial charge < -0.3 is 0 Å². The van der Waals surface area contributed by atoms with Crippen LogP contribution < -0.4 is 0 Å². The maximum Gasteiger partial charge on any atom is 0.408 e. The number of halogens is 4. The summed E-state index contributed by atoms with van der Waals surface area (Å²) >= 11 is 2.06. The molecule has 0 atom stereocenters. The van der Waals surface area contributed by atoms with E-state index in [-0.39, 0.29) is 0 Å². The zero-order chi connectivity index (χ0) is 11.6. The first-order valence-corrected chi connectivity index (χ1v) is 5.77. The fourth-order valence-corrected chi connectivity index (χ4v) is 2.54. The maximum absolute atomic E-state index is 12.2. The van der Waals surface area contributed by atoms with Gasteiger partial charge in [0.25, 0.3) is 0 Å². The van der Waals surface area contributed by atoms with Crippen LogP contribution in [0.4, 0.5) is 13.2 Å². The van der Waals surface area contributed by atoms with Crippen molar-refractivity contribution in [1.82, 2.24) is 9.78 Å². The molecular formula is C9H12F3IN2. The Morgan fingerprint density at radius 2 is 1.87 bits per heavy atom. The molecule has 6 heteroatoms. The van der Waals surface area contributed by atoms with Crippen molar-refractivity contribution in [1.29, 1.82) is 0 Å². The summed E-state index contributed by atoms with van der Waals surface area (Å²) in [5, 5.41) is 3.97. The van der Waals surface area contributed by atoms with Crippen molar-refractivity contribution in [3.05, 3.63) is 15.0 Å². The molecule has 0 N–H and O–H groups in total. The smallest absolute Gasteiger partial charge is 0.259 e. The third kappa shape index (κ3) is 3.09. The molecule has 0 amide bonds. The van der Waals surface area contributed by atoms with E-state index in [1.165, 1.54) is 0 Å². The molecule has 0 bridgehead atoms. The second kappa shape index (κ2) is 4.71. The molecule has 1 aromatic heterocycles. The summed E-state index contributed by atoms with van der Waals surface area (Å²) in [6.45, 7) is 2.74. The molecule has 86 valence electrons. The van der Waals surface area contributed by atoms with Gasteiger partial charge in [0.1, 0.15) is 6.54 Å². The number of hydrogen-bond donors (Lipinski definition) is 0. The second-order valence-corrected chi connectivity index (χ2v) is 4.27. The summed E-state index contributed by atoms with van der Waals surface area (Å²) in [5.74, 6) is 0. The van der Waals surface area contributed by atoms with E-state index in [0.717, 1.165) is 13.9 Å². The van der Waals surface area contributed by atoms with Gasteiger partial charge in [-0.05, 0) is 35.4 Å². The Morgan fingerprint density at radius 3 is 2.27 bits per heavy atom. The molecule has 0 saturated heterocycles. The van der Waals surface area contributed by atoms with Crippen LogP contribution in [0.1, 0.15) is 25.2 Å². The minimum absolute atomic E-state index is 0.571. The summed E-state index contributed by atoms with van der Waals surface area (Å²) in [6, 6.07) is 0. The Morgan fingerprint density at radius 1 is 1.27 bits per heavy atom. The molecule has 0 fully saturated rings. The molecule has 0 saturated carbocycles. The highest BCUT2D eigenvalue weighted by atomic mass is 127. The van der Waals surface area contributed by atoms with E-state index in [2.05, 4.69) is 27.7 Å². The zero-order valence-electron chi connectivity index (χ0n) is 8.53. The number of nitrogens with zero attached hydrogens (tertiary/aromatic N) is 2. The summed E-state index contributed by atoms with van der Waals surface area (Å²) in [4.78, 5) is 0. The van der Waals surface area contributed by atoms with Crippen LogP contribution in [0, 0.1) is 3.57 Å². The highest BCUT2D eigenvalue weighted by Gasteiger charge is 2.30. The van der Waals surface area contributed by atoms with E-state index in [9.17, 15) is 13.2 Å². The summed E-state index contributed by atoms with van der Waals surface area (Å²) in [5.41, 5.74) is 1.42. The largest absolute Gasteiger partial charge is 0.408 e. The predicted molar refractivity (Wildman–Crippen MR) is 59.8 cm³/mol. The third-order valence-electron chi connectivity index (χ3n) is 2.06. The molecule has 0 aliphatic carbocycles. The van der Waals surface area contributed by atoms with Crippen LogP contribution in [0.2, 0.25) is 0 Å². The second-order valence-electron chi connectivity index (χ2n) is 3.19. The monoisotopic (exact) mass is 332 g/mol. The van der Waals surface area contributed by atoms with Crippen molar-refractivity contribution in [2.75, 3.05) is 0 Å². The van der Waals surface area contributed by atoms with Gasteiger partial charge in [-0.15, -0.1) is 0 Å². The molecule has 1 aromatic rings. The topological polar surface area (TPSA) is 17.8 Å². The van der Waals surface area contributed by atoms with Gasteiger partial charge in [0.2, 0.25) is 0 Å². The molecule has 15 heavy (non-hydrogen) atoms. The molecule has 1 heterocycles. The average Bonchev–Trinajstić information content (AvgIpc) is 2.39. The minimum atomic E-state index is -4.20. The van der Waals surface area contributed by atoms with Crippen LogP contribution in [-0.4, -0.2) is 16.0 Å². The van der Waals surface area contributed by atoms with Crippen LogP contribution in [0.15, 0.2) is 0 Å². The van der Waals surface area contributed by atoms with Gasteiger partial charge in [-0.2, -0.15) is 18.3 Å². The third-order valence-corrected chi connectivity index (χ3v) is 3.30. The van der Waals surface area contributed by atoms with Gasteiger partial charge in [0, 0.05) is 0 Å². The Kier molecular flexibility index (Phi) is 4.02. The van der Waals surface area contributed by atoms with Crippen molar-refractivity contribution in [3.63, 3.8) is 0 Å². The SMILES string of the molecule is CCc1nn(CC(F)(F)F)c(CC)c1I. The lowest BCUT2D eigenvalue weighted by Crippen LogP contribution is -2.20. The van der Waals surface area contributed by atoms with Crippen molar-refractivity contribution in [2.24, 2.45) is 0 Å². The first-order chi connectivity index (χ1) is 6.89. The quantitative estimate of drug-likeness (QED) is 0.778. The molecular weight excluding hydrogens is 320 g/mol. The van der Waals surface area contributed by atoms with Gasteiger partial charge in [0.05, 0.1) is 15.0 Å². The van der Waals surface area contributed by atoms with E-state index in [1.807, 2.05) is 13.8 Å². The number of hydrogen-bond acceptors (Lipinski definition) is 1. The predicted octanol–water partition coefficient (Wildman–Crippen LogP) is 3.17. The summed E-state index contributed by atoms with van der Waals surface area (Å²) in [7, 11) is 0. The molecule has 2 nitrogen and oxygen atoms in total. The first-order valence-electron chi connectivity index (χ1n) is 4.69. The van der Waals surface area contributed by atoms with E-state index in [1.54, 1.807) is 0 Å². The molecule has 1 rings (SSSR count). The number of aryl methyl sites for hydroxylation is 1. The van der Waals surface area contributed by atoms with Gasteiger partial charge >= 0.3 is 6.18 Å². The minimum Gasteiger partial charge on any atom is -0.259 e. The van der Waals surface area contributed by atoms with E-state index in [4.69, 9.17) is 0 Å². The number of alkyl halides is 3. The van der Waals surface area contributed by atoms with Crippen LogP contribution in [0.5, 0.6) is 0 Å². The number of aromatic nitrogens is 2. The van der Waals surface area contributed by atoms with E-state index >= 15 is 0 Å². The highest BCUT2D eigenvalue weighted by molar-refractivity contribution is 14.1. The first kappa shape index (κ1) is 12.8. The van der Waals surface area contributed by atoms with Crippen LogP contribution in [0.3, 0.4) is 0 Å². The summed E-state index contributed by atoms with van der Waals surface area (Å²) < 4.78 is 38.7. The van der Waals surface area contributed by atoms with Crippen molar-refractivity contribution >= 4 is 22.6 Å². The Hall–Kier alpha value is -0.270. The molecule has 0 unspecified atom stereocenters. The van der Waals surface area contributed by atoms with E-state index in [0.29, 0.717) is 18.5 Å². The lowest BCUT2D eigenvalue weighted by atomic mass is 10.2. The standard InChI is InChI=1S/C9H12F3IN2/c1-3-6-8(13)7(4-2)15(14-6)5-9(10,11)12/h3-5H2,1-2H3. The Labute approximate surface area is 100.0 Å². The van der Waals surface area contributed by atoms with Crippen molar-refractivity contribution in [2.45, 2.75) is 39.4 Å². The average molecular weight is 332 g/mol. The molecule has 0 spiro atoms. The van der Waals surface area contributed by atoms with Crippen molar-refractivity contribution in [3.8, 4) is 0 Å². The van der Waals surface area contributed by atoms with E-state index < -0.39 is 12.7 Å². The Bertz CT molecular complexity index is 344. The fourth-order valence-electron chi connectivity index (χ4n) is 1.39. The lowest BCUT2D eigenvalue weighted by molar-refractivity contribution is -0.143. The van der Waals surface area contributed by atoms with Crippen LogP contribution in [0.25, 0.3) is 0 Å². The molecule has 0 aromatic carbocycles. The highest BCUT2D eigenvalue weighted by Crippen LogP contribution is 2.23. The maximum atomic E-state index is 12.2. The molecule has 0 aliphatic rings. The zero-order valence-corrected chi connectivity index (χ0v) is 10.7. The van der Waals surface area contributed by atoms with Gasteiger partial charge in [-0.1, -0.05) is 13.8 Å². The van der Waals surface area contributed by atoms with Gasteiger partial charge in [-0.3, -0.25) is 4.68 Å².